The van der Waals surface area contributed by atoms with E-state index in [0.29, 0.717) is 18.0 Å². The van der Waals surface area contributed by atoms with E-state index < -0.39 is 0 Å². The van der Waals surface area contributed by atoms with Gasteiger partial charge in [0.05, 0.1) is 6.20 Å². The Balaban J connectivity index is 1.71. The number of nitrogens with one attached hydrogen (secondary N) is 1. The predicted octanol–water partition coefficient (Wildman–Crippen LogP) is 4.60. The topological polar surface area (TPSA) is 58.4 Å². The molecule has 0 unspecified atom stereocenters. The van der Waals surface area contributed by atoms with E-state index in [9.17, 15) is 4.79 Å². The number of benzene rings is 2. The highest BCUT2D eigenvalue weighted by molar-refractivity contribution is 5.94. The molecule has 0 radical (unpaired) electrons. The fourth-order valence-corrected chi connectivity index (χ4v) is 2.71. The van der Waals surface area contributed by atoms with Crippen molar-refractivity contribution in [1.82, 2.24) is 10.3 Å². The highest BCUT2D eigenvalue weighted by atomic mass is 16.4. The van der Waals surface area contributed by atoms with Crippen molar-refractivity contribution in [3.63, 3.8) is 0 Å². The number of oxazole rings is 1. The fraction of sp³-hybridized carbons (Fsp3) is 0.273. The van der Waals surface area contributed by atoms with E-state index in [2.05, 4.69) is 22.1 Å². The zero-order valence-electron chi connectivity index (χ0n) is 16.0. The average molecular weight is 363 g/mol. The number of hydrogen-bond acceptors (Lipinski definition) is 4. The Hall–Kier alpha value is -3.08. The second-order valence-electron chi connectivity index (χ2n) is 6.66. The second-order valence-corrected chi connectivity index (χ2v) is 6.66. The highest BCUT2D eigenvalue weighted by Crippen LogP contribution is 2.27. The number of aromatic nitrogens is 1. The number of amides is 1. The largest absolute Gasteiger partial charge is 0.436 e. The Morgan fingerprint density at radius 1 is 1.04 bits per heavy atom. The maximum atomic E-state index is 12.1. The lowest BCUT2D eigenvalue weighted by Gasteiger charge is -2.11. The molecule has 2 aromatic carbocycles. The van der Waals surface area contributed by atoms with Crippen LogP contribution in [0.25, 0.3) is 22.8 Å². The molecular formula is C22H25N3O2. The van der Waals surface area contributed by atoms with E-state index in [1.165, 1.54) is 0 Å². The van der Waals surface area contributed by atoms with E-state index >= 15 is 0 Å². The SMILES string of the molecule is CCCCNC(=O)c1ccc(-c2ncc(-c3ccc(N(C)C)cc3)o2)cc1. The minimum absolute atomic E-state index is 0.0518. The van der Waals surface area contributed by atoms with Gasteiger partial charge >= 0.3 is 0 Å². The smallest absolute Gasteiger partial charge is 0.251 e. The van der Waals surface area contributed by atoms with Gasteiger partial charge in [-0.25, -0.2) is 4.98 Å². The van der Waals surface area contributed by atoms with E-state index in [-0.39, 0.29) is 5.91 Å². The van der Waals surface area contributed by atoms with Gasteiger partial charge < -0.3 is 14.6 Å². The number of nitrogens with zero attached hydrogens (tertiary/aromatic N) is 2. The summed E-state index contributed by atoms with van der Waals surface area (Å²) in [7, 11) is 4.02. The van der Waals surface area contributed by atoms with Gasteiger partial charge in [0, 0.05) is 43.0 Å². The first-order chi connectivity index (χ1) is 13.1. The summed E-state index contributed by atoms with van der Waals surface area (Å²) in [5, 5.41) is 2.92. The summed E-state index contributed by atoms with van der Waals surface area (Å²) in [4.78, 5) is 18.5. The van der Waals surface area contributed by atoms with E-state index in [0.717, 1.165) is 35.4 Å². The number of rotatable bonds is 7. The number of hydrogen-bond donors (Lipinski definition) is 1. The van der Waals surface area contributed by atoms with Crippen LogP contribution in [0.4, 0.5) is 5.69 Å². The Bertz CT molecular complexity index is 881. The van der Waals surface area contributed by atoms with Crippen molar-refractivity contribution in [2.24, 2.45) is 0 Å². The van der Waals surface area contributed by atoms with Crippen LogP contribution in [-0.2, 0) is 0 Å². The zero-order valence-corrected chi connectivity index (χ0v) is 16.0. The molecule has 0 fully saturated rings. The minimum Gasteiger partial charge on any atom is -0.436 e. The third-order valence-electron chi connectivity index (χ3n) is 4.38. The van der Waals surface area contributed by atoms with Gasteiger partial charge in [0.1, 0.15) is 0 Å². The molecule has 0 bridgehead atoms. The molecule has 0 saturated carbocycles. The van der Waals surface area contributed by atoms with E-state index in [1.54, 1.807) is 18.3 Å². The summed E-state index contributed by atoms with van der Waals surface area (Å²) in [5.74, 6) is 1.21. The van der Waals surface area contributed by atoms with Crippen LogP contribution in [0.15, 0.2) is 59.1 Å². The van der Waals surface area contributed by atoms with Crippen LogP contribution in [0.1, 0.15) is 30.1 Å². The molecule has 27 heavy (non-hydrogen) atoms. The van der Waals surface area contributed by atoms with Gasteiger partial charge in [-0.3, -0.25) is 4.79 Å². The Kier molecular flexibility index (Phi) is 5.91. The van der Waals surface area contributed by atoms with Gasteiger partial charge in [0.2, 0.25) is 5.89 Å². The molecule has 1 N–H and O–H groups in total. The lowest BCUT2D eigenvalue weighted by atomic mass is 10.1. The number of unbranched alkanes of at least 4 members (excludes halogenated alkanes) is 1. The van der Waals surface area contributed by atoms with Crippen LogP contribution in [0.5, 0.6) is 0 Å². The Morgan fingerprint density at radius 2 is 1.70 bits per heavy atom. The van der Waals surface area contributed by atoms with Crippen LogP contribution < -0.4 is 10.2 Å². The molecule has 1 amide bonds. The van der Waals surface area contributed by atoms with Gasteiger partial charge in [0.25, 0.3) is 5.91 Å². The van der Waals surface area contributed by atoms with Gasteiger partial charge in [-0.1, -0.05) is 13.3 Å². The van der Waals surface area contributed by atoms with Crippen molar-refractivity contribution in [3.8, 4) is 22.8 Å². The molecule has 0 saturated heterocycles. The normalized spacial score (nSPS) is 10.6. The second kappa shape index (κ2) is 8.54. The zero-order chi connectivity index (χ0) is 19.2. The summed E-state index contributed by atoms with van der Waals surface area (Å²) in [5.41, 5.74) is 3.59. The van der Waals surface area contributed by atoms with Crippen LogP contribution in [0, 0.1) is 0 Å². The van der Waals surface area contributed by atoms with Gasteiger partial charge in [-0.05, 0) is 55.0 Å². The third-order valence-corrected chi connectivity index (χ3v) is 4.38. The lowest BCUT2D eigenvalue weighted by molar-refractivity contribution is 0.0953. The van der Waals surface area contributed by atoms with Crippen molar-refractivity contribution in [2.75, 3.05) is 25.5 Å². The molecule has 3 rings (SSSR count). The molecule has 0 atom stereocenters. The summed E-state index contributed by atoms with van der Waals surface area (Å²) >= 11 is 0. The molecule has 140 valence electrons. The fourth-order valence-electron chi connectivity index (χ4n) is 2.71. The van der Waals surface area contributed by atoms with Crippen molar-refractivity contribution in [3.05, 3.63) is 60.3 Å². The van der Waals surface area contributed by atoms with Gasteiger partial charge in [-0.15, -0.1) is 0 Å². The van der Waals surface area contributed by atoms with Crippen molar-refractivity contribution < 1.29 is 9.21 Å². The summed E-state index contributed by atoms with van der Waals surface area (Å²) in [6, 6.07) is 15.4. The molecule has 5 nitrogen and oxygen atoms in total. The minimum atomic E-state index is -0.0518. The first-order valence-corrected chi connectivity index (χ1v) is 9.20. The van der Waals surface area contributed by atoms with Crippen LogP contribution >= 0.6 is 0 Å². The van der Waals surface area contributed by atoms with E-state index in [4.69, 9.17) is 4.42 Å². The Labute approximate surface area is 160 Å². The number of carbonyl (C=O) groups excluding carboxylic acids is 1. The van der Waals surface area contributed by atoms with E-state index in [1.807, 2.05) is 50.5 Å². The summed E-state index contributed by atoms with van der Waals surface area (Å²) < 4.78 is 5.91. The van der Waals surface area contributed by atoms with Crippen LogP contribution in [0.3, 0.4) is 0 Å². The maximum absolute atomic E-state index is 12.1. The number of anilines is 1. The van der Waals surface area contributed by atoms with Crippen molar-refractivity contribution in [2.45, 2.75) is 19.8 Å². The highest BCUT2D eigenvalue weighted by Gasteiger charge is 2.10. The maximum Gasteiger partial charge on any atom is 0.251 e. The lowest BCUT2D eigenvalue weighted by Crippen LogP contribution is -2.24. The molecule has 0 aliphatic rings. The molecule has 5 heteroatoms. The Morgan fingerprint density at radius 3 is 2.33 bits per heavy atom. The van der Waals surface area contributed by atoms with Crippen molar-refractivity contribution in [1.29, 1.82) is 0 Å². The van der Waals surface area contributed by atoms with Crippen LogP contribution in [0.2, 0.25) is 0 Å². The first kappa shape index (κ1) is 18.7. The average Bonchev–Trinajstić information content (AvgIpc) is 3.18. The predicted molar refractivity (Wildman–Crippen MR) is 109 cm³/mol. The summed E-state index contributed by atoms with van der Waals surface area (Å²) in [6.07, 6.45) is 3.77. The van der Waals surface area contributed by atoms with Crippen molar-refractivity contribution >= 4 is 11.6 Å². The molecule has 0 aliphatic heterocycles. The standard InChI is InChI=1S/C22H25N3O2/c1-4-5-14-23-21(26)17-6-8-18(9-7-17)22-24-15-20(27-22)16-10-12-19(13-11-16)25(2)3/h6-13,15H,4-5,14H2,1-3H3,(H,23,26). The monoisotopic (exact) mass is 363 g/mol. The van der Waals surface area contributed by atoms with Crippen LogP contribution in [-0.4, -0.2) is 31.5 Å². The first-order valence-electron chi connectivity index (χ1n) is 9.20. The molecule has 3 aromatic rings. The molecule has 0 spiro atoms. The molecule has 0 aliphatic carbocycles. The quantitative estimate of drug-likeness (QED) is 0.623. The molecular weight excluding hydrogens is 338 g/mol. The third kappa shape index (κ3) is 4.56. The summed E-state index contributed by atoms with van der Waals surface area (Å²) in [6.45, 7) is 2.80. The van der Waals surface area contributed by atoms with Gasteiger partial charge in [0.15, 0.2) is 5.76 Å². The molecule has 1 aromatic heterocycles. The van der Waals surface area contributed by atoms with Gasteiger partial charge in [-0.2, -0.15) is 0 Å². The number of carbonyl (C=O) groups is 1. The molecule has 1 heterocycles.